The fraction of sp³-hybridized carbons (Fsp3) is 0.350. The zero-order chi connectivity index (χ0) is 19.7. The Kier molecular flexibility index (Phi) is 5.04. The van der Waals surface area contributed by atoms with E-state index >= 15 is 0 Å². The number of ether oxygens (including phenoxy) is 2. The van der Waals surface area contributed by atoms with Crippen molar-refractivity contribution in [2.75, 3.05) is 20.8 Å². The van der Waals surface area contributed by atoms with E-state index in [4.69, 9.17) is 9.47 Å². The van der Waals surface area contributed by atoms with Gasteiger partial charge in [-0.3, -0.25) is 14.0 Å². The molecule has 2 heterocycles. The average molecular weight is 399 g/mol. The number of carbonyl (C=O) groups is 1. The number of benzene rings is 1. The van der Waals surface area contributed by atoms with E-state index in [0.717, 1.165) is 30.5 Å². The van der Waals surface area contributed by atoms with Crippen molar-refractivity contribution < 1.29 is 14.3 Å². The smallest absolute Gasteiger partial charge is 0.271 e. The van der Waals surface area contributed by atoms with Crippen LogP contribution in [0, 0.1) is 0 Å². The third-order valence-corrected chi connectivity index (χ3v) is 6.10. The molecule has 0 radical (unpaired) electrons. The van der Waals surface area contributed by atoms with E-state index in [1.807, 2.05) is 18.2 Å². The van der Waals surface area contributed by atoms with E-state index in [1.54, 1.807) is 30.0 Å². The van der Waals surface area contributed by atoms with Crippen LogP contribution in [-0.2, 0) is 19.3 Å². The van der Waals surface area contributed by atoms with Crippen molar-refractivity contribution in [3.63, 3.8) is 0 Å². The summed E-state index contributed by atoms with van der Waals surface area (Å²) in [5, 5.41) is 2.82. The van der Waals surface area contributed by atoms with Gasteiger partial charge in [-0.15, -0.1) is 11.3 Å². The second kappa shape index (κ2) is 7.63. The Labute approximate surface area is 165 Å². The lowest BCUT2D eigenvalue weighted by Gasteiger charge is -2.10. The van der Waals surface area contributed by atoms with Gasteiger partial charge in [0.05, 0.1) is 14.2 Å². The summed E-state index contributed by atoms with van der Waals surface area (Å²) in [5.41, 5.74) is 1.81. The van der Waals surface area contributed by atoms with Gasteiger partial charge in [0, 0.05) is 23.3 Å². The highest BCUT2D eigenvalue weighted by Crippen LogP contribution is 2.29. The van der Waals surface area contributed by atoms with Crippen molar-refractivity contribution in [2.45, 2.75) is 25.7 Å². The molecular weight excluding hydrogens is 378 g/mol. The molecule has 1 aliphatic rings. The number of aryl methyl sites for hydroxylation is 2. The van der Waals surface area contributed by atoms with Gasteiger partial charge in [-0.1, -0.05) is 6.07 Å². The molecule has 7 nitrogen and oxygen atoms in total. The topological polar surface area (TPSA) is 81.9 Å². The number of thiazole rings is 1. The molecule has 0 saturated carbocycles. The molecule has 28 heavy (non-hydrogen) atoms. The third kappa shape index (κ3) is 3.24. The minimum absolute atomic E-state index is 0.0808. The summed E-state index contributed by atoms with van der Waals surface area (Å²) < 4.78 is 12.1. The van der Waals surface area contributed by atoms with Crippen LogP contribution < -0.4 is 20.3 Å². The van der Waals surface area contributed by atoms with Gasteiger partial charge < -0.3 is 14.8 Å². The third-order valence-electron chi connectivity index (χ3n) is 4.94. The molecule has 1 aromatic carbocycles. The summed E-state index contributed by atoms with van der Waals surface area (Å²) in [6.45, 7) is 0.401. The van der Waals surface area contributed by atoms with Crippen LogP contribution in [0.15, 0.2) is 29.2 Å². The molecule has 4 rings (SSSR count). The second-order valence-corrected chi connectivity index (χ2v) is 7.68. The number of fused-ring (bicyclic) bond motifs is 3. The molecule has 3 aromatic rings. The number of amides is 1. The summed E-state index contributed by atoms with van der Waals surface area (Å²) >= 11 is 1.54. The normalized spacial score (nSPS) is 12.8. The molecule has 8 heteroatoms. The molecule has 0 aliphatic heterocycles. The monoisotopic (exact) mass is 399 g/mol. The molecule has 0 atom stereocenters. The van der Waals surface area contributed by atoms with Gasteiger partial charge in [-0.05, 0) is 43.4 Å². The van der Waals surface area contributed by atoms with Crippen molar-refractivity contribution in [1.29, 1.82) is 0 Å². The average Bonchev–Trinajstić information content (AvgIpc) is 3.29. The van der Waals surface area contributed by atoms with E-state index < -0.39 is 5.91 Å². The lowest BCUT2D eigenvalue weighted by Crippen LogP contribution is -2.32. The van der Waals surface area contributed by atoms with Crippen LogP contribution in [0.25, 0.3) is 4.96 Å². The van der Waals surface area contributed by atoms with Gasteiger partial charge >= 0.3 is 0 Å². The number of carbonyl (C=O) groups excluding carboxylic acids is 1. The maximum atomic E-state index is 12.8. The first-order valence-electron chi connectivity index (χ1n) is 9.13. The van der Waals surface area contributed by atoms with Crippen molar-refractivity contribution >= 4 is 22.2 Å². The Morgan fingerprint density at radius 3 is 2.86 bits per heavy atom. The largest absolute Gasteiger partial charge is 0.493 e. The Hall–Kier alpha value is -2.87. The maximum absolute atomic E-state index is 12.8. The van der Waals surface area contributed by atoms with Crippen LogP contribution in [-0.4, -0.2) is 36.1 Å². The number of methoxy groups -OCH3 is 2. The zero-order valence-corrected chi connectivity index (χ0v) is 16.6. The predicted molar refractivity (Wildman–Crippen MR) is 107 cm³/mol. The van der Waals surface area contributed by atoms with Crippen LogP contribution >= 0.6 is 11.3 Å². The van der Waals surface area contributed by atoms with Crippen LogP contribution in [0.3, 0.4) is 0 Å². The predicted octanol–water partition coefficient (Wildman–Crippen LogP) is 2.23. The second-order valence-electron chi connectivity index (χ2n) is 6.62. The molecule has 0 fully saturated rings. The lowest BCUT2D eigenvalue weighted by molar-refractivity contribution is 0.0952. The number of rotatable bonds is 6. The summed E-state index contributed by atoms with van der Waals surface area (Å²) in [6, 6.07) is 5.63. The standard InChI is InChI=1S/C20H21N3O4S/c1-26-15-7-6-12(10-16(15)27-2)8-9-21-18(24)13-11-22-20-23(19(13)25)14-4-3-5-17(14)28-20/h6-7,10-11H,3-5,8-9H2,1-2H3,(H,21,24). The van der Waals surface area contributed by atoms with E-state index in [1.165, 1.54) is 11.1 Å². The molecule has 0 saturated heterocycles. The Balaban J connectivity index is 1.47. The van der Waals surface area contributed by atoms with Crippen molar-refractivity contribution in [3.05, 3.63) is 56.4 Å². The molecule has 1 aliphatic carbocycles. The van der Waals surface area contributed by atoms with Crippen LogP contribution in [0.4, 0.5) is 0 Å². The molecule has 0 bridgehead atoms. The first-order valence-corrected chi connectivity index (χ1v) is 9.95. The molecule has 146 valence electrons. The van der Waals surface area contributed by atoms with Gasteiger partial charge in [-0.2, -0.15) is 0 Å². The molecule has 2 aromatic heterocycles. The van der Waals surface area contributed by atoms with Crippen LogP contribution in [0.2, 0.25) is 0 Å². The summed E-state index contributed by atoms with van der Waals surface area (Å²) in [4.78, 5) is 31.5. The highest BCUT2D eigenvalue weighted by Gasteiger charge is 2.22. The molecule has 0 spiro atoms. The zero-order valence-electron chi connectivity index (χ0n) is 15.8. The number of hydrogen-bond acceptors (Lipinski definition) is 6. The minimum Gasteiger partial charge on any atom is -0.493 e. The summed E-state index contributed by atoms with van der Waals surface area (Å²) in [5.74, 6) is 0.904. The molecule has 1 N–H and O–H groups in total. The maximum Gasteiger partial charge on any atom is 0.271 e. The number of nitrogens with one attached hydrogen (secondary N) is 1. The van der Waals surface area contributed by atoms with E-state index in [-0.39, 0.29) is 11.1 Å². The van der Waals surface area contributed by atoms with Gasteiger partial charge in [0.25, 0.3) is 11.5 Å². The first kappa shape index (κ1) is 18.5. The van der Waals surface area contributed by atoms with Gasteiger partial charge in [0.2, 0.25) is 0 Å². The van der Waals surface area contributed by atoms with Crippen molar-refractivity contribution in [1.82, 2.24) is 14.7 Å². The number of aromatic nitrogens is 2. The number of hydrogen-bond donors (Lipinski definition) is 1. The first-order chi connectivity index (χ1) is 13.6. The Bertz CT molecular complexity index is 1100. The quantitative estimate of drug-likeness (QED) is 0.687. The highest BCUT2D eigenvalue weighted by atomic mass is 32.1. The fourth-order valence-electron chi connectivity index (χ4n) is 3.51. The van der Waals surface area contributed by atoms with E-state index in [9.17, 15) is 9.59 Å². The lowest BCUT2D eigenvalue weighted by atomic mass is 10.1. The van der Waals surface area contributed by atoms with Crippen LogP contribution in [0.1, 0.15) is 32.9 Å². The number of nitrogens with zero attached hydrogens (tertiary/aromatic N) is 2. The molecule has 1 amide bonds. The van der Waals surface area contributed by atoms with E-state index in [0.29, 0.717) is 29.4 Å². The minimum atomic E-state index is -0.398. The van der Waals surface area contributed by atoms with Gasteiger partial charge in [-0.25, -0.2) is 4.98 Å². The SMILES string of the molecule is COc1ccc(CCNC(=O)c2cnc3sc4c(n3c2=O)CCC4)cc1OC. The van der Waals surface area contributed by atoms with Crippen LogP contribution in [0.5, 0.6) is 11.5 Å². The van der Waals surface area contributed by atoms with Gasteiger partial charge in [0.1, 0.15) is 5.56 Å². The Morgan fingerprint density at radius 1 is 1.25 bits per heavy atom. The summed E-state index contributed by atoms with van der Waals surface area (Å²) in [6.07, 6.45) is 4.88. The molecule has 0 unspecified atom stereocenters. The summed E-state index contributed by atoms with van der Waals surface area (Å²) in [7, 11) is 3.17. The van der Waals surface area contributed by atoms with E-state index in [2.05, 4.69) is 10.3 Å². The van der Waals surface area contributed by atoms with Gasteiger partial charge in [0.15, 0.2) is 16.5 Å². The van der Waals surface area contributed by atoms with Crippen molar-refractivity contribution in [3.8, 4) is 11.5 Å². The highest BCUT2D eigenvalue weighted by molar-refractivity contribution is 7.17. The fourth-order valence-corrected chi connectivity index (χ4v) is 4.68. The Morgan fingerprint density at radius 2 is 2.07 bits per heavy atom. The molecular formula is C20H21N3O4S. The van der Waals surface area contributed by atoms with Crippen molar-refractivity contribution in [2.24, 2.45) is 0 Å².